The minimum Gasteiger partial charge on any atom is -0.493 e. The Morgan fingerprint density at radius 3 is 3.00 bits per heavy atom. The highest BCUT2D eigenvalue weighted by atomic mass is 79.9. The van der Waals surface area contributed by atoms with Gasteiger partial charge >= 0.3 is 0 Å². The van der Waals surface area contributed by atoms with Gasteiger partial charge in [0.15, 0.2) is 11.7 Å². The van der Waals surface area contributed by atoms with Gasteiger partial charge in [0.1, 0.15) is 5.69 Å². The zero-order valence-corrected chi connectivity index (χ0v) is 15.8. The summed E-state index contributed by atoms with van der Waals surface area (Å²) in [5.74, 6) is 1.33. The average Bonchev–Trinajstić information content (AvgIpc) is 3.01. The van der Waals surface area contributed by atoms with Gasteiger partial charge in [0.05, 0.1) is 23.1 Å². The van der Waals surface area contributed by atoms with E-state index in [2.05, 4.69) is 43.2 Å². The van der Waals surface area contributed by atoms with Gasteiger partial charge in [-0.15, -0.1) is 0 Å². The molecule has 0 saturated carbocycles. The van der Waals surface area contributed by atoms with E-state index in [1.165, 1.54) is 0 Å². The van der Waals surface area contributed by atoms with Crippen LogP contribution < -0.4 is 20.1 Å². The Hall–Kier alpha value is -0.630. The van der Waals surface area contributed by atoms with Crippen LogP contribution in [-0.2, 0) is 0 Å². The minimum absolute atomic E-state index is 0.562. The number of ether oxygens (including phenoxy) is 1. The van der Waals surface area contributed by atoms with E-state index in [1.54, 1.807) is 19.1 Å². The van der Waals surface area contributed by atoms with Crippen molar-refractivity contribution in [2.75, 3.05) is 32.1 Å². The first kappa shape index (κ1) is 17.7. The molecule has 5 nitrogen and oxygen atoms in total. The highest BCUT2D eigenvalue weighted by Gasteiger charge is 2.19. The average molecular weight is 408 g/mol. The van der Waals surface area contributed by atoms with Gasteiger partial charge in [0.25, 0.3) is 0 Å². The quantitative estimate of drug-likeness (QED) is 0.473. The van der Waals surface area contributed by atoms with Crippen LogP contribution in [0.4, 0.5) is 5.69 Å². The Morgan fingerprint density at radius 1 is 1.55 bits per heavy atom. The highest BCUT2D eigenvalue weighted by Crippen LogP contribution is 2.44. The molecule has 22 heavy (non-hydrogen) atoms. The van der Waals surface area contributed by atoms with Crippen LogP contribution in [0.25, 0.3) is 0 Å². The van der Waals surface area contributed by atoms with Crippen LogP contribution in [0.2, 0.25) is 5.02 Å². The van der Waals surface area contributed by atoms with Gasteiger partial charge in [-0.1, -0.05) is 24.9 Å². The highest BCUT2D eigenvalue weighted by molar-refractivity contribution is 9.10. The molecule has 1 heterocycles. The summed E-state index contributed by atoms with van der Waals surface area (Å²) >= 11 is 11.5. The standard InChI is InChI=1S/C14H20BrClN4OS/c1-3-4-5-19-22-10-8-9(16)13(21-2)12(11(10)15)20-14-17-6-7-18-14/h8,19H,3-7H2,1-2H3,(H2,17,18,20). The van der Waals surface area contributed by atoms with Gasteiger partial charge in [0.2, 0.25) is 0 Å². The number of methoxy groups -OCH3 is 1. The summed E-state index contributed by atoms with van der Waals surface area (Å²) < 4.78 is 9.67. The number of hydrogen-bond acceptors (Lipinski definition) is 6. The molecule has 0 unspecified atom stereocenters. The van der Waals surface area contributed by atoms with Gasteiger partial charge < -0.3 is 15.4 Å². The lowest BCUT2D eigenvalue weighted by Gasteiger charge is -2.17. The Labute approximate surface area is 148 Å². The summed E-state index contributed by atoms with van der Waals surface area (Å²) in [6.07, 6.45) is 2.30. The second kappa shape index (κ2) is 8.86. The lowest BCUT2D eigenvalue weighted by Crippen LogP contribution is -2.26. The first-order chi connectivity index (χ1) is 10.7. The maximum absolute atomic E-state index is 6.34. The van der Waals surface area contributed by atoms with Crippen LogP contribution in [-0.4, -0.2) is 32.7 Å². The molecule has 1 aliphatic rings. The fourth-order valence-electron chi connectivity index (χ4n) is 1.95. The number of aliphatic imine (C=N–C) groups is 1. The van der Waals surface area contributed by atoms with Gasteiger partial charge in [-0.2, -0.15) is 0 Å². The molecule has 3 N–H and O–H groups in total. The summed E-state index contributed by atoms with van der Waals surface area (Å²) in [7, 11) is 1.61. The van der Waals surface area contributed by atoms with Crippen molar-refractivity contribution < 1.29 is 4.74 Å². The molecule has 0 saturated heterocycles. The van der Waals surface area contributed by atoms with Crippen LogP contribution in [0, 0.1) is 0 Å². The molecule has 0 spiro atoms. The lowest BCUT2D eigenvalue weighted by molar-refractivity contribution is 0.416. The number of nitrogens with one attached hydrogen (secondary N) is 3. The molecule has 0 fully saturated rings. The maximum Gasteiger partial charge on any atom is 0.196 e. The third-order valence-corrected chi connectivity index (χ3v) is 5.33. The van der Waals surface area contributed by atoms with Gasteiger partial charge in [0, 0.05) is 18.0 Å². The van der Waals surface area contributed by atoms with Gasteiger partial charge in [-0.25, -0.2) is 0 Å². The van der Waals surface area contributed by atoms with Crippen LogP contribution in [0.1, 0.15) is 19.8 Å². The molecule has 1 aromatic rings. The van der Waals surface area contributed by atoms with Crippen LogP contribution >= 0.6 is 39.5 Å². The number of anilines is 1. The second-order valence-electron chi connectivity index (χ2n) is 4.71. The van der Waals surface area contributed by atoms with Crippen molar-refractivity contribution in [1.82, 2.24) is 10.0 Å². The predicted octanol–water partition coefficient (Wildman–Crippen LogP) is 3.88. The Bertz CT molecular complexity index is 556. The van der Waals surface area contributed by atoms with Gasteiger partial charge in [-0.05, 0) is 40.4 Å². The number of rotatable bonds is 7. The number of nitrogens with zero attached hydrogens (tertiary/aromatic N) is 1. The molecule has 8 heteroatoms. The fourth-order valence-corrected chi connectivity index (χ4v) is 3.70. The molecule has 122 valence electrons. The molecule has 0 aliphatic carbocycles. The van der Waals surface area contributed by atoms with E-state index < -0.39 is 0 Å². The third-order valence-electron chi connectivity index (χ3n) is 3.07. The molecule has 0 atom stereocenters. The number of unbranched alkanes of at least 4 members (excludes halogenated alkanes) is 1. The van der Waals surface area contributed by atoms with Crippen LogP contribution in [0.3, 0.4) is 0 Å². The summed E-state index contributed by atoms with van der Waals surface area (Å²) in [6, 6.07) is 1.89. The number of halogens is 2. The van der Waals surface area contributed by atoms with E-state index in [0.29, 0.717) is 10.8 Å². The van der Waals surface area contributed by atoms with E-state index in [-0.39, 0.29) is 0 Å². The molecule has 1 aromatic carbocycles. The Balaban J connectivity index is 2.22. The van der Waals surface area contributed by atoms with Crippen molar-refractivity contribution in [3.05, 3.63) is 15.6 Å². The maximum atomic E-state index is 6.34. The van der Waals surface area contributed by atoms with E-state index in [9.17, 15) is 0 Å². The molecule has 0 radical (unpaired) electrons. The summed E-state index contributed by atoms with van der Waals surface area (Å²) in [4.78, 5) is 5.35. The van der Waals surface area contributed by atoms with Crippen LogP contribution in [0.5, 0.6) is 5.75 Å². The zero-order valence-electron chi connectivity index (χ0n) is 12.6. The summed E-state index contributed by atoms with van der Waals surface area (Å²) in [5, 5.41) is 6.99. The molecule has 2 rings (SSSR count). The number of guanidine groups is 1. The van der Waals surface area contributed by atoms with E-state index in [0.717, 1.165) is 53.5 Å². The smallest absolute Gasteiger partial charge is 0.196 e. The SMILES string of the molecule is CCCCNSc1cc(Cl)c(OC)c(NC2=NCCN2)c1Br. The third kappa shape index (κ3) is 4.44. The van der Waals surface area contributed by atoms with Crippen molar-refractivity contribution in [3.63, 3.8) is 0 Å². The Morgan fingerprint density at radius 2 is 2.36 bits per heavy atom. The lowest BCUT2D eigenvalue weighted by atomic mass is 10.3. The largest absolute Gasteiger partial charge is 0.493 e. The Kier molecular flexibility index (Phi) is 7.14. The second-order valence-corrected chi connectivity index (χ2v) is 6.84. The zero-order chi connectivity index (χ0) is 15.9. The van der Waals surface area contributed by atoms with Crippen molar-refractivity contribution >= 4 is 51.1 Å². The number of benzene rings is 1. The van der Waals surface area contributed by atoms with E-state index in [4.69, 9.17) is 16.3 Å². The normalized spacial score (nSPS) is 13.7. The van der Waals surface area contributed by atoms with Gasteiger partial charge in [-0.3, -0.25) is 9.71 Å². The molecule has 0 aromatic heterocycles. The molecule has 0 amide bonds. The van der Waals surface area contributed by atoms with Crippen molar-refractivity contribution in [2.24, 2.45) is 4.99 Å². The molecule has 0 bridgehead atoms. The topological polar surface area (TPSA) is 57.7 Å². The van der Waals surface area contributed by atoms with Crippen molar-refractivity contribution in [3.8, 4) is 5.75 Å². The van der Waals surface area contributed by atoms with Crippen molar-refractivity contribution in [2.45, 2.75) is 24.7 Å². The predicted molar refractivity (Wildman–Crippen MR) is 98.4 cm³/mol. The molecule has 1 aliphatic heterocycles. The summed E-state index contributed by atoms with van der Waals surface area (Å²) in [6.45, 7) is 4.73. The van der Waals surface area contributed by atoms with Crippen molar-refractivity contribution in [1.29, 1.82) is 0 Å². The first-order valence-corrected chi connectivity index (χ1v) is 9.17. The minimum atomic E-state index is 0.562. The molecular formula is C14H20BrClN4OS. The number of hydrogen-bond donors (Lipinski definition) is 3. The van der Waals surface area contributed by atoms with E-state index >= 15 is 0 Å². The monoisotopic (exact) mass is 406 g/mol. The van der Waals surface area contributed by atoms with E-state index in [1.807, 2.05) is 6.07 Å². The van der Waals surface area contributed by atoms with Crippen LogP contribution in [0.15, 0.2) is 20.4 Å². The summed E-state index contributed by atoms with van der Waals surface area (Å²) in [5.41, 5.74) is 0.781. The molecular weight excluding hydrogens is 388 g/mol. The fraction of sp³-hybridized carbons (Fsp3) is 0.500. The first-order valence-electron chi connectivity index (χ1n) is 7.18.